The van der Waals surface area contributed by atoms with Crippen LogP contribution in [0.1, 0.15) is 29.8 Å². The fourth-order valence-electron chi connectivity index (χ4n) is 1.95. The van der Waals surface area contributed by atoms with E-state index in [1.54, 1.807) is 24.3 Å². The number of fused-ring (bicyclic) bond motifs is 1. The van der Waals surface area contributed by atoms with Gasteiger partial charge in [0.1, 0.15) is 5.76 Å². The van der Waals surface area contributed by atoms with Gasteiger partial charge in [0.25, 0.3) is 0 Å². The molecule has 0 aromatic heterocycles. The summed E-state index contributed by atoms with van der Waals surface area (Å²) in [5, 5.41) is 10.2. The smallest absolute Gasteiger partial charge is 0.237 e. The molecule has 2 rings (SSSR count). The van der Waals surface area contributed by atoms with E-state index in [0.29, 0.717) is 11.1 Å². The van der Waals surface area contributed by atoms with Crippen molar-refractivity contribution in [2.24, 2.45) is 5.92 Å². The van der Waals surface area contributed by atoms with Crippen molar-refractivity contribution in [2.75, 3.05) is 0 Å². The highest BCUT2D eigenvalue weighted by Crippen LogP contribution is 2.33. The highest BCUT2D eigenvalue weighted by atomic mass is 16.3. The molecule has 0 radical (unpaired) electrons. The average Bonchev–Trinajstić information content (AvgIpc) is 2.36. The van der Waals surface area contributed by atoms with Crippen LogP contribution >= 0.6 is 0 Å². The van der Waals surface area contributed by atoms with E-state index in [1.807, 2.05) is 13.8 Å². The first-order valence-corrected chi connectivity index (χ1v) is 5.76. The van der Waals surface area contributed by atoms with Gasteiger partial charge in [-0.25, -0.2) is 0 Å². The van der Waals surface area contributed by atoms with Gasteiger partial charge < -0.3 is 5.11 Å². The Balaban J connectivity index is 2.70. The van der Waals surface area contributed by atoms with E-state index < -0.39 is 11.6 Å². The Bertz CT molecular complexity index is 592. The first-order chi connectivity index (χ1) is 8.45. The fourth-order valence-corrected chi connectivity index (χ4v) is 1.95. The van der Waals surface area contributed by atoms with Crippen molar-refractivity contribution in [2.45, 2.75) is 13.8 Å². The lowest BCUT2D eigenvalue weighted by molar-refractivity contribution is -0.111. The molecular formula is C15H14O3. The first kappa shape index (κ1) is 12.3. The predicted octanol–water partition coefficient (Wildman–Crippen LogP) is 2.93. The second-order valence-electron chi connectivity index (χ2n) is 4.61. The summed E-state index contributed by atoms with van der Waals surface area (Å²) in [6, 6.07) is 6.55. The zero-order valence-corrected chi connectivity index (χ0v) is 10.4. The van der Waals surface area contributed by atoms with Crippen molar-refractivity contribution in [3.05, 3.63) is 53.1 Å². The van der Waals surface area contributed by atoms with Crippen LogP contribution in [0.4, 0.5) is 0 Å². The number of hydrogen-bond donors (Lipinski definition) is 1. The van der Waals surface area contributed by atoms with E-state index in [-0.39, 0.29) is 22.8 Å². The van der Waals surface area contributed by atoms with Gasteiger partial charge in [0.15, 0.2) is 0 Å². The van der Waals surface area contributed by atoms with E-state index in [2.05, 4.69) is 6.58 Å². The Morgan fingerprint density at radius 3 is 2.22 bits per heavy atom. The molecule has 0 saturated heterocycles. The van der Waals surface area contributed by atoms with Gasteiger partial charge in [0.05, 0.1) is 5.57 Å². The molecule has 0 spiro atoms. The van der Waals surface area contributed by atoms with E-state index in [9.17, 15) is 14.7 Å². The molecular weight excluding hydrogens is 228 g/mol. The van der Waals surface area contributed by atoms with Crippen LogP contribution in [-0.4, -0.2) is 16.7 Å². The van der Waals surface area contributed by atoms with Gasteiger partial charge in [-0.2, -0.15) is 0 Å². The Morgan fingerprint density at radius 2 is 1.67 bits per heavy atom. The Labute approximate surface area is 105 Å². The Hall–Kier alpha value is -2.16. The van der Waals surface area contributed by atoms with Crippen LogP contribution in [0.3, 0.4) is 0 Å². The van der Waals surface area contributed by atoms with Crippen molar-refractivity contribution in [3.8, 4) is 0 Å². The summed E-state index contributed by atoms with van der Waals surface area (Å²) < 4.78 is 0. The summed E-state index contributed by atoms with van der Waals surface area (Å²) in [7, 11) is 0. The zero-order chi connectivity index (χ0) is 13.4. The minimum Gasteiger partial charge on any atom is -0.507 e. The number of aliphatic hydroxyl groups is 1. The molecule has 0 atom stereocenters. The fraction of sp³-hybridized carbons (Fsp3) is 0.200. The Morgan fingerprint density at radius 1 is 1.11 bits per heavy atom. The number of ketones is 2. The van der Waals surface area contributed by atoms with Crippen molar-refractivity contribution in [1.29, 1.82) is 0 Å². The van der Waals surface area contributed by atoms with E-state index >= 15 is 0 Å². The van der Waals surface area contributed by atoms with Crippen molar-refractivity contribution in [3.63, 3.8) is 0 Å². The SMILES string of the molecule is C=C(C1=C(O)c2ccccc2C(=O)C1=O)C(C)C. The lowest BCUT2D eigenvalue weighted by Gasteiger charge is -2.20. The summed E-state index contributed by atoms with van der Waals surface area (Å²) in [6.45, 7) is 7.52. The number of benzene rings is 1. The summed E-state index contributed by atoms with van der Waals surface area (Å²) in [4.78, 5) is 24.0. The monoisotopic (exact) mass is 242 g/mol. The molecule has 1 aromatic rings. The molecule has 0 saturated carbocycles. The summed E-state index contributed by atoms with van der Waals surface area (Å²) >= 11 is 0. The maximum atomic E-state index is 12.0. The van der Waals surface area contributed by atoms with Crippen molar-refractivity contribution in [1.82, 2.24) is 0 Å². The van der Waals surface area contributed by atoms with Crippen molar-refractivity contribution < 1.29 is 14.7 Å². The second kappa shape index (κ2) is 4.26. The number of Topliss-reactive ketones (excluding diaryl/α,β-unsaturated/α-hetero) is 2. The van der Waals surface area contributed by atoms with Gasteiger partial charge in [-0.15, -0.1) is 0 Å². The second-order valence-corrected chi connectivity index (χ2v) is 4.61. The third-order valence-corrected chi connectivity index (χ3v) is 3.11. The molecule has 92 valence electrons. The molecule has 0 unspecified atom stereocenters. The van der Waals surface area contributed by atoms with E-state index in [4.69, 9.17) is 0 Å². The molecule has 0 fully saturated rings. The summed E-state index contributed by atoms with van der Waals surface area (Å²) in [6.07, 6.45) is 0. The van der Waals surface area contributed by atoms with Crippen LogP contribution in [0.5, 0.6) is 0 Å². The van der Waals surface area contributed by atoms with Gasteiger partial charge in [-0.3, -0.25) is 9.59 Å². The van der Waals surface area contributed by atoms with Gasteiger partial charge in [-0.1, -0.05) is 44.7 Å². The average molecular weight is 242 g/mol. The molecule has 0 bridgehead atoms. The lowest BCUT2D eigenvalue weighted by Crippen LogP contribution is -2.25. The molecule has 3 nitrogen and oxygen atoms in total. The van der Waals surface area contributed by atoms with Crippen LogP contribution < -0.4 is 0 Å². The topological polar surface area (TPSA) is 54.4 Å². The molecule has 18 heavy (non-hydrogen) atoms. The van der Waals surface area contributed by atoms with Crippen LogP contribution in [0.2, 0.25) is 0 Å². The molecule has 3 heteroatoms. The molecule has 1 aliphatic carbocycles. The minimum absolute atomic E-state index is 0.0100. The third-order valence-electron chi connectivity index (χ3n) is 3.11. The number of carbonyl (C=O) groups excluding carboxylic acids is 2. The van der Waals surface area contributed by atoms with Gasteiger partial charge >= 0.3 is 0 Å². The largest absolute Gasteiger partial charge is 0.507 e. The number of rotatable bonds is 2. The molecule has 1 N–H and O–H groups in total. The van der Waals surface area contributed by atoms with E-state index in [0.717, 1.165) is 0 Å². The molecule has 1 aromatic carbocycles. The quantitative estimate of drug-likeness (QED) is 0.811. The predicted molar refractivity (Wildman–Crippen MR) is 69.3 cm³/mol. The molecule has 0 aliphatic heterocycles. The number of allylic oxidation sites excluding steroid dienone is 2. The maximum absolute atomic E-state index is 12.0. The highest BCUT2D eigenvalue weighted by molar-refractivity contribution is 6.53. The Kier molecular flexibility index (Phi) is 2.91. The first-order valence-electron chi connectivity index (χ1n) is 5.76. The normalized spacial score (nSPS) is 15.1. The summed E-state index contributed by atoms with van der Waals surface area (Å²) in [5.41, 5.74) is 1.19. The third kappa shape index (κ3) is 1.68. The molecule has 1 aliphatic rings. The van der Waals surface area contributed by atoms with Gasteiger partial charge in [0, 0.05) is 11.1 Å². The summed E-state index contributed by atoms with van der Waals surface area (Å²) in [5.74, 6) is -1.41. The zero-order valence-electron chi connectivity index (χ0n) is 10.4. The number of carbonyl (C=O) groups is 2. The highest BCUT2D eigenvalue weighted by Gasteiger charge is 2.34. The number of hydrogen-bond acceptors (Lipinski definition) is 3. The van der Waals surface area contributed by atoms with Gasteiger partial charge in [0.2, 0.25) is 11.6 Å². The van der Waals surface area contributed by atoms with Crippen molar-refractivity contribution >= 4 is 17.3 Å². The van der Waals surface area contributed by atoms with Crippen LogP contribution in [0, 0.1) is 5.92 Å². The standard InChI is InChI=1S/C15H14O3/c1-8(2)9(3)12-13(16)10-6-4-5-7-11(10)14(17)15(12)18/h4-8,16H,3H2,1-2H3. The molecule has 0 amide bonds. The molecule has 0 heterocycles. The van der Waals surface area contributed by atoms with Crippen LogP contribution in [-0.2, 0) is 4.79 Å². The van der Waals surface area contributed by atoms with Gasteiger partial charge in [-0.05, 0) is 11.5 Å². The maximum Gasteiger partial charge on any atom is 0.237 e. The lowest BCUT2D eigenvalue weighted by atomic mass is 9.82. The van der Waals surface area contributed by atoms with Crippen LogP contribution in [0.25, 0.3) is 5.76 Å². The minimum atomic E-state index is -0.676. The van der Waals surface area contributed by atoms with Crippen LogP contribution in [0.15, 0.2) is 42.0 Å². The number of aliphatic hydroxyl groups excluding tert-OH is 1. The van der Waals surface area contributed by atoms with E-state index in [1.165, 1.54) is 0 Å².